The second kappa shape index (κ2) is 6.23. The average molecular weight is 250 g/mol. The zero-order valence-corrected chi connectivity index (χ0v) is 11.1. The van der Waals surface area contributed by atoms with Crippen LogP contribution in [0.3, 0.4) is 0 Å². The summed E-state index contributed by atoms with van der Waals surface area (Å²) in [5, 5.41) is 4.40. The molecule has 2 rings (SSSR count). The van der Waals surface area contributed by atoms with Gasteiger partial charge in [-0.2, -0.15) is 0 Å². The average Bonchev–Trinajstić information content (AvgIpc) is 2.85. The lowest BCUT2D eigenvalue weighted by Crippen LogP contribution is -2.32. The molecule has 0 saturated heterocycles. The number of allylic oxidation sites excluding steroid dienone is 1. The molecule has 1 N–H and O–H groups in total. The molecule has 0 radical (unpaired) electrons. The molecule has 1 aromatic carbocycles. The van der Waals surface area contributed by atoms with Crippen molar-refractivity contribution in [3.05, 3.63) is 46.5 Å². The topological polar surface area (TPSA) is 12.0 Å². The van der Waals surface area contributed by atoms with Crippen LogP contribution < -0.4 is 5.32 Å². The molecular weight excluding hydrogens is 230 g/mol. The predicted molar refractivity (Wildman–Crippen MR) is 74.6 cm³/mol. The minimum Gasteiger partial charge on any atom is -0.310 e. The van der Waals surface area contributed by atoms with E-state index in [0.717, 1.165) is 18.0 Å². The number of rotatable bonds is 5. The van der Waals surface area contributed by atoms with Crippen LogP contribution in [0, 0.1) is 0 Å². The summed E-state index contributed by atoms with van der Waals surface area (Å²) in [5.41, 5.74) is 2.94. The minimum atomic E-state index is 0.503. The molecule has 0 aromatic heterocycles. The van der Waals surface area contributed by atoms with Gasteiger partial charge in [0, 0.05) is 11.1 Å². The summed E-state index contributed by atoms with van der Waals surface area (Å²) in [4.78, 5) is 0. The Morgan fingerprint density at radius 1 is 1.29 bits per heavy atom. The smallest absolute Gasteiger partial charge is 0.0406 e. The van der Waals surface area contributed by atoms with Gasteiger partial charge in [0.15, 0.2) is 0 Å². The zero-order valence-electron chi connectivity index (χ0n) is 10.4. The van der Waals surface area contributed by atoms with Gasteiger partial charge < -0.3 is 5.32 Å². The van der Waals surface area contributed by atoms with Crippen LogP contribution in [0.1, 0.15) is 31.7 Å². The maximum absolute atomic E-state index is 5.91. The summed E-state index contributed by atoms with van der Waals surface area (Å²) in [6.07, 6.45) is 7.29. The highest BCUT2D eigenvalue weighted by Gasteiger charge is 2.16. The van der Waals surface area contributed by atoms with Gasteiger partial charge in [-0.1, -0.05) is 42.3 Å². The number of hydrogen-bond donors (Lipinski definition) is 1. The Hall–Kier alpha value is -0.790. The first-order valence-electron chi connectivity index (χ1n) is 6.46. The second-order valence-electron chi connectivity index (χ2n) is 4.61. The Balaban J connectivity index is 2.04. The normalized spacial score (nSPS) is 16.9. The largest absolute Gasteiger partial charge is 0.310 e. The zero-order chi connectivity index (χ0) is 12.1. The molecule has 2 heteroatoms. The predicted octanol–water partition coefficient (Wildman–Crippen LogP) is 3.97. The first-order chi connectivity index (χ1) is 8.29. The third-order valence-corrected chi connectivity index (χ3v) is 3.58. The van der Waals surface area contributed by atoms with Crippen molar-refractivity contribution in [3.63, 3.8) is 0 Å². The number of halogens is 1. The molecule has 1 unspecified atom stereocenters. The van der Waals surface area contributed by atoms with Crippen LogP contribution in [-0.4, -0.2) is 12.6 Å². The van der Waals surface area contributed by atoms with Gasteiger partial charge in [0.1, 0.15) is 0 Å². The van der Waals surface area contributed by atoms with Gasteiger partial charge in [-0.15, -0.1) is 0 Å². The van der Waals surface area contributed by atoms with Crippen molar-refractivity contribution in [1.29, 1.82) is 0 Å². The summed E-state index contributed by atoms with van der Waals surface area (Å²) in [5.74, 6) is 0. The van der Waals surface area contributed by atoms with E-state index in [2.05, 4.69) is 30.4 Å². The van der Waals surface area contributed by atoms with E-state index in [9.17, 15) is 0 Å². The third-order valence-electron chi connectivity index (χ3n) is 3.33. The van der Waals surface area contributed by atoms with Crippen LogP contribution >= 0.6 is 11.6 Å². The van der Waals surface area contributed by atoms with Gasteiger partial charge in [0.25, 0.3) is 0 Å². The number of likely N-dealkylation sites (N-methyl/N-ethyl adjacent to an activating group) is 1. The molecule has 0 amide bonds. The molecule has 0 bridgehead atoms. The van der Waals surface area contributed by atoms with E-state index in [-0.39, 0.29) is 0 Å². The quantitative estimate of drug-likeness (QED) is 0.779. The summed E-state index contributed by atoms with van der Waals surface area (Å²) in [7, 11) is 0. The van der Waals surface area contributed by atoms with Gasteiger partial charge in [0.2, 0.25) is 0 Å². The van der Waals surface area contributed by atoms with Crippen LogP contribution in [0.4, 0.5) is 0 Å². The summed E-state index contributed by atoms with van der Waals surface area (Å²) in [6, 6.07) is 8.71. The van der Waals surface area contributed by atoms with Crippen molar-refractivity contribution in [1.82, 2.24) is 5.32 Å². The molecule has 92 valence electrons. The fourth-order valence-corrected chi connectivity index (χ4v) is 2.58. The Morgan fingerprint density at radius 3 is 2.65 bits per heavy atom. The molecule has 1 nitrogen and oxygen atoms in total. The van der Waals surface area contributed by atoms with Crippen LogP contribution in [0.25, 0.3) is 0 Å². The molecular formula is C15H20ClN. The summed E-state index contributed by atoms with van der Waals surface area (Å²) in [6.45, 7) is 3.19. The molecule has 0 aliphatic heterocycles. The van der Waals surface area contributed by atoms with Gasteiger partial charge in [-0.25, -0.2) is 0 Å². The van der Waals surface area contributed by atoms with E-state index >= 15 is 0 Å². The molecule has 0 saturated carbocycles. The van der Waals surface area contributed by atoms with Gasteiger partial charge in [-0.05, 0) is 49.9 Å². The molecule has 1 atom stereocenters. The highest BCUT2D eigenvalue weighted by Crippen LogP contribution is 2.23. The molecule has 0 heterocycles. The maximum Gasteiger partial charge on any atom is 0.0406 e. The van der Waals surface area contributed by atoms with Gasteiger partial charge >= 0.3 is 0 Å². The van der Waals surface area contributed by atoms with Crippen molar-refractivity contribution >= 4 is 11.6 Å². The molecule has 1 aliphatic carbocycles. The Bertz CT molecular complexity index is 380. The lowest BCUT2D eigenvalue weighted by Gasteiger charge is -2.19. The number of hydrogen-bond acceptors (Lipinski definition) is 1. The van der Waals surface area contributed by atoms with Crippen LogP contribution in [0.15, 0.2) is 35.9 Å². The van der Waals surface area contributed by atoms with E-state index in [1.165, 1.54) is 24.8 Å². The molecule has 0 spiro atoms. The maximum atomic E-state index is 5.91. The molecule has 17 heavy (non-hydrogen) atoms. The monoisotopic (exact) mass is 249 g/mol. The van der Waals surface area contributed by atoms with Crippen LogP contribution in [-0.2, 0) is 6.42 Å². The fourth-order valence-electron chi connectivity index (χ4n) is 2.45. The van der Waals surface area contributed by atoms with E-state index in [4.69, 9.17) is 11.6 Å². The van der Waals surface area contributed by atoms with Crippen molar-refractivity contribution in [2.24, 2.45) is 0 Å². The van der Waals surface area contributed by atoms with E-state index in [0.29, 0.717) is 6.04 Å². The van der Waals surface area contributed by atoms with Crippen LogP contribution in [0.5, 0.6) is 0 Å². The number of benzene rings is 1. The lowest BCUT2D eigenvalue weighted by atomic mass is 9.98. The van der Waals surface area contributed by atoms with Gasteiger partial charge in [-0.3, -0.25) is 0 Å². The van der Waals surface area contributed by atoms with E-state index in [1.807, 2.05) is 12.1 Å². The standard InChI is InChI=1S/C15H20ClN/c1-2-17-15(13-5-3-4-6-13)11-12-7-9-14(16)10-8-12/h5,7-10,15,17H,2-4,6,11H2,1H3. The van der Waals surface area contributed by atoms with Gasteiger partial charge in [0.05, 0.1) is 0 Å². The fraction of sp³-hybridized carbons (Fsp3) is 0.467. The summed E-state index contributed by atoms with van der Waals surface area (Å²) >= 11 is 5.91. The van der Waals surface area contributed by atoms with Crippen LogP contribution in [0.2, 0.25) is 5.02 Å². The Morgan fingerprint density at radius 2 is 2.06 bits per heavy atom. The van der Waals surface area contributed by atoms with Crippen molar-refractivity contribution in [3.8, 4) is 0 Å². The Kier molecular flexibility index (Phi) is 4.64. The first kappa shape index (κ1) is 12.7. The van der Waals surface area contributed by atoms with E-state index < -0.39 is 0 Å². The van der Waals surface area contributed by atoms with Crippen molar-refractivity contribution in [2.75, 3.05) is 6.54 Å². The SMILES string of the molecule is CCNC(Cc1ccc(Cl)cc1)C1=CCCC1. The molecule has 0 fully saturated rings. The molecule has 1 aliphatic rings. The minimum absolute atomic E-state index is 0.503. The Labute approximate surface area is 109 Å². The number of nitrogens with one attached hydrogen (secondary N) is 1. The highest BCUT2D eigenvalue weighted by molar-refractivity contribution is 6.30. The highest BCUT2D eigenvalue weighted by atomic mass is 35.5. The second-order valence-corrected chi connectivity index (χ2v) is 5.05. The molecule has 1 aromatic rings. The third kappa shape index (κ3) is 3.58. The van der Waals surface area contributed by atoms with Crippen molar-refractivity contribution in [2.45, 2.75) is 38.6 Å². The lowest BCUT2D eigenvalue weighted by molar-refractivity contribution is 0.574. The first-order valence-corrected chi connectivity index (χ1v) is 6.84. The summed E-state index contributed by atoms with van der Waals surface area (Å²) < 4.78 is 0. The van der Waals surface area contributed by atoms with Crippen molar-refractivity contribution < 1.29 is 0 Å². The van der Waals surface area contributed by atoms with E-state index in [1.54, 1.807) is 5.57 Å².